The van der Waals surface area contributed by atoms with Gasteiger partial charge in [-0.15, -0.1) is 0 Å². The SMILES string of the molecule is CCC(C)c1ccc(S(=O)(=O)N2CCN(c3ncccc3C(N)=O)CC2)cc1. The fourth-order valence-electron chi connectivity index (χ4n) is 3.33. The van der Waals surface area contributed by atoms with E-state index >= 15 is 0 Å². The summed E-state index contributed by atoms with van der Waals surface area (Å²) in [5.41, 5.74) is 6.91. The Hall–Kier alpha value is -2.45. The Morgan fingerprint density at radius 1 is 1.14 bits per heavy atom. The van der Waals surface area contributed by atoms with Gasteiger partial charge in [0.2, 0.25) is 10.0 Å². The highest BCUT2D eigenvalue weighted by Gasteiger charge is 2.30. The van der Waals surface area contributed by atoms with Crippen molar-refractivity contribution < 1.29 is 13.2 Å². The molecular formula is C20H26N4O3S. The summed E-state index contributed by atoms with van der Waals surface area (Å²) in [6.07, 6.45) is 2.61. The molecule has 1 atom stereocenters. The minimum atomic E-state index is -3.55. The average Bonchev–Trinajstić information content (AvgIpc) is 2.73. The van der Waals surface area contributed by atoms with Crippen molar-refractivity contribution >= 4 is 21.7 Å². The molecule has 1 amide bonds. The van der Waals surface area contributed by atoms with Gasteiger partial charge in [0.1, 0.15) is 5.82 Å². The van der Waals surface area contributed by atoms with Gasteiger partial charge in [0.25, 0.3) is 5.91 Å². The maximum absolute atomic E-state index is 13.0. The van der Waals surface area contributed by atoms with Gasteiger partial charge in [-0.1, -0.05) is 26.0 Å². The summed E-state index contributed by atoms with van der Waals surface area (Å²) in [6.45, 7) is 5.78. The lowest BCUT2D eigenvalue weighted by Gasteiger charge is -2.35. The van der Waals surface area contributed by atoms with Gasteiger partial charge in [-0.25, -0.2) is 13.4 Å². The maximum Gasteiger partial charge on any atom is 0.252 e. The Morgan fingerprint density at radius 3 is 2.36 bits per heavy atom. The second-order valence-corrected chi connectivity index (χ2v) is 8.95. The molecule has 0 aliphatic carbocycles. The normalized spacial score (nSPS) is 16.7. The first kappa shape index (κ1) is 20.3. The van der Waals surface area contributed by atoms with E-state index in [1.165, 1.54) is 4.31 Å². The van der Waals surface area contributed by atoms with Crippen LogP contribution in [0.3, 0.4) is 0 Å². The predicted octanol–water partition coefficient (Wildman–Crippen LogP) is 2.20. The number of carbonyl (C=O) groups is 1. The van der Waals surface area contributed by atoms with Gasteiger partial charge in [-0.05, 0) is 42.2 Å². The van der Waals surface area contributed by atoms with E-state index in [0.717, 1.165) is 12.0 Å². The summed E-state index contributed by atoms with van der Waals surface area (Å²) >= 11 is 0. The lowest BCUT2D eigenvalue weighted by atomic mass is 9.99. The van der Waals surface area contributed by atoms with Crippen molar-refractivity contribution in [3.05, 3.63) is 53.7 Å². The van der Waals surface area contributed by atoms with Gasteiger partial charge >= 0.3 is 0 Å². The molecule has 3 rings (SSSR count). The molecule has 1 unspecified atom stereocenters. The van der Waals surface area contributed by atoms with Crippen molar-refractivity contribution in [2.45, 2.75) is 31.1 Å². The molecule has 2 heterocycles. The van der Waals surface area contributed by atoms with Gasteiger partial charge in [-0.2, -0.15) is 4.31 Å². The summed E-state index contributed by atoms with van der Waals surface area (Å²) < 4.78 is 27.4. The zero-order valence-electron chi connectivity index (χ0n) is 16.2. The van der Waals surface area contributed by atoms with Crippen molar-refractivity contribution in [1.29, 1.82) is 0 Å². The molecular weight excluding hydrogens is 376 g/mol. The van der Waals surface area contributed by atoms with Crippen molar-refractivity contribution in [3.63, 3.8) is 0 Å². The Balaban J connectivity index is 1.73. The topological polar surface area (TPSA) is 96.6 Å². The van der Waals surface area contributed by atoms with E-state index < -0.39 is 15.9 Å². The van der Waals surface area contributed by atoms with Crippen LogP contribution >= 0.6 is 0 Å². The van der Waals surface area contributed by atoms with Gasteiger partial charge in [-0.3, -0.25) is 4.79 Å². The molecule has 0 radical (unpaired) electrons. The van der Waals surface area contributed by atoms with Crippen molar-refractivity contribution in [1.82, 2.24) is 9.29 Å². The minimum Gasteiger partial charge on any atom is -0.365 e. The fourth-order valence-corrected chi connectivity index (χ4v) is 4.76. The number of benzene rings is 1. The van der Waals surface area contributed by atoms with Crippen LogP contribution in [-0.4, -0.2) is 49.8 Å². The molecule has 1 fully saturated rings. The van der Waals surface area contributed by atoms with Crippen LogP contribution < -0.4 is 10.6 Å². The molecule has 0 spiro atoms. The van der Waals surface area contributed by atoms with Crippen molar-refractivity contribution in [3.8, 4) is 0 Å². The molecule has 2 aromatic rings. The number of hydrogen-bond donors (Lipinski definition) is 1. The lowest BCUT2D eigenvalue weighted by Crippen LogP contribution is -2.49. The number of rotatable bonds is 6. The highest BCUT2D eigenvalue weighted by molar-refractivity contribution is 7.89. The van der Waals surface area contributed by atoms with Gasteiger partial charge in [0.15, 0.2) is 0 Å². The predicted molar refractivity (Wildman–Crippen MR) is 109 cm³/mol. The lowest BCUT2D eigenvalue weighted by molar-refractivity contribution is 0.1000. The largest absolute Gasteiger partial charge is 0.365 e. The van der Waals surface area contributed by atoms with Gasteiger partial charge in [0, 0.05) is 32.4 Å². The van der Waals surface area contributed by atoms with Gasteiger partial charge < -0.3 is 10.6 Å². The number of anilines is 1. The molecule has 1 aliphatic rings. The van der Waals surface area contributed by atoms with E-state index in [0.29, 0.717) is 48.4 Å². The molecule has 0 bridgehead atoms. The summed E-state index contributed by atoms with van der Waals surface area (Å²) in [7, 11) is -3.55. The Labute approximate surface area is 166 Å². The van der Waals surface area contributed by atoms with Gasteiger partial charge in [0.05, 0.1) is 10.5 Å². The average molecular weight is 403 g/mol. The van der Waals surface area contributed by atoms with Crippen LogP contribution in [0.5, 0.6) is 0 Å². The van der Waals surface area contributed by atoms with E-state index in [2.05, 4.69) is 18.8 Å². The summed E-state index contributed by atoms with van der Waals surface area (Å²) in [6, 6.07) is 10.5. The van der Waals surface area contributed by atoms with Crippen LogP contribution in [0, 0.1) is 0 Å². The molecule has 1 aromatic heterocycles. The number of hydrogen-bond acceptors (Lipinski definition) is 5. The molecule has 7 nitrogen and oxygen atoms in total. The van der Waals surface area contributed by atoms with E-state index in [1.807, 2.05) is 17.0 Å². The number of pyridine rings is 1. The monoisotopic (exact) mass is 402 g/mol. The maximum atomic E-state index is 13.0. The zero-order chi connectivity index (χ0) is 20.3. The zero-order valence-corrected chi connectivity index (χ0v) is 17.0. The van der Waals surface area contributed by atoms with Crippen LogP contribution in [0.15, 0.2) is 47.5 Å². The van der Waals surface area contributed by atoms with E-state index in [9.17, 15) is 13.2 Å². The van der Waals surface area contributed by atoms with Crippen LogP contribution in [0.4, 0.5) is 5.82 Å². The minimum absolute atomic E-state index is 0.309. The van der Waals surface area contributed by atoms with E-state index in [1.54, 1.807) is 30.5 Å². The Morgan fingerprint density at radius 2 is 1.79 bits per heavy atom. The number of nitrogens with zero attached hydrogens (tertiary/aromatic N) is 3. The Kier molecular flexibility index (Phi) is 6.00. The second-order valence-electron chi connectivity index (χ2n) is 7.01. The summed E-state index contributed by atoms with van der Waals surface area (Å²) in [5, 5.41) is 0. The third-order valence-electron chi connectivity index (χ3n) is 5.29. The Bertz CT molecular complexity index is 936. The second kappa shape index (κ2) is 8.28. The van der Waals surface area contributed by atoms with Crippen molar-refractivity contribution in [2.24, 2.45) is 5.73 Å². The highest BCUT2D eigenvalue weighted by Crippen LogP contribution is 2.24. The first-order chi connectivity index (χ1) is 13.3. The molecule has 1 aliphatic heterocycles. The first-order valence-electron chi connectivity index (χ1n) is 9.44. The molecule has 1 saturated heterocycles. The van der Waals surface area contributed by atoms with Crippen LogP contribution in [-0.2, 0) is 10.0 Å². The molecule has 8 heteroatoms. The third kappa shape index (κ3) is 4.02. The smallest absolute Gasteiger partial charge is 0.252 e. The first-order valence-corrected chi connectivity index (χ1v) is 10.9. The fraction of sp³-hybridized carbons (Fsp3) is 0.400. The highest BCUT2D eigenvalue weighted by atomic mass is 32.2. The third-order valence-corrected chi connectivity index (χ3v) is 7.20. The standard InChI is InChI=1S/C20H26N4O3S/c1-3-15(2)16-6-8-17(9-7-16)28(26,27)24-13-11-23(12-14-24)20-18(19(21)25)5-4-10-22-20/h4-10,15H,3,11-14H2,1-2H3,(H2,21,25). The molecule has 2 N–H and O–H groups in total. The summed E-state index contributed by atoms with van der Waals surface area (Å²) in [5.74, 6) is 0.364. The molecule has 0 saturated carbocycles. The van der Waals surface area contributed by atoms with Crippen LogP contribution in [0.1, 0.15) is 42.1 Å². The number of piperazine rings is 1. The van der Waals surface area contributed by atoms with E-state index in [4.69, 9.17) is 5.73 Å². The number of amides is 1. The number of primary amides is 1. The van der Waals surface area contributed by atoms with Crippen LogP contribution in [0.2, 0.25) is 0 Å². The number of aromatic nitrogens is 1. The number of sulfonamides is 1. The summed E-state index contributed by atoms with van der Waals surface area (Å²) in [4.78, 5) is 18.1. The number of carbonyl (C=O) groups excluding carboxylic acids is 1. The van der Waals surface area contributed by atoms with Crippen LogP contribution in [0.25, 0.3) is 0 Å². The quantitative estimate of drug-likeness (QED) is 0.799. The molecule has 1 aromatic carbocycles. The number of nitrogens with two attached hydrogens (primary N) is 1. The van der Waals surface area contributed by atoms with E-state index in [-0.39, 0.29) is 0 Å². The molecule has 28 heavy (non-hydrogen) atoms. The van der Waals surface area contributed by atoms with Crippen molar-refractivity contribution in [2.75, 3.05) is 31.1 Å². The molecule has 150 valence electrons.